The van der Waals surface area contributed by atoms with E-state index in [1.54, 1.807) is 11.8 Å². The van der Waals surface area contributed by atoms with Gasteiger partial charge in [-0.25, -0.2) is 4.79 Å². The first-order chi connectivity index (χ1) is 7.81. The van der Waals surface area contributed by atoms with Crippen LogP contribution in [0.3, 0.4) is 0 Å². The Morgan fingerprint density at radius 1 is 1.65 bits per heavy atom. The molecule has 0 saturated carbocycles. The van der Waals surface area contributed by atoms with E-state index in [0.717, 1.165) is 11.4 Å². The zero-order valence-electron chi connectivity index (χ0n) is 10.6. The maximum atomic E-state index is 11.4. The van der Waals surface area contributed by atoms with E-state index >= 15 is 0 Å². The maximum absolute atomic E-state index is 11.4. The third kappa shape index (κ3) is 1.78. The monoisotopic (exact) mass is 273 g/mol. The van der Waals surface area contributed by atoms with Gasteiger partial charge in [0.15, 0.2) is 0 Å². The Hall–Kier alpha value is -0.290. The lowest BCUT2D eigenvalue weighted by molar-refractivity contribution is -0.143. The van der Waals surface area contributed by atoms with Gasteiger partial charge in [0.25, 0.3) is 0 Å². The average Bonchev–Trinajstić information content (AvgIpc) is 2.46. The number of hydrogen-bond donors (Lipinski definition) is 1. The Morgan fingerprint density at radius 2 is 2.24 bits per heavy atom. The number of carboxylic acids is 1. The van der Waals surface area contributed by atoms with Gasteiger partial charge < -0.3 is 10.0 Å². The molecule has 2 aliphatic rings. The van der Waals surface area contributed by atoms with Gasteiger partial charge in [0.1, 0.15) is 6.04 Å². The van der Waals surface area contributed by atoms with Crippen molar-refractivity contribution >= 4 is 34.9 Å². The van der Waals surface area contributed by atoms with Gasteiger partial charge in [0.2, 0.25) is 0 Å². The number of rotatable bonds is 3. The molecule has 0 aromatic carbocycles. The average molecular weight is 273 g/mol. The molecule has 1 N–H and O–H groups in total. The first-order valence-corrected chi connectivity index (χ1v) is 7.32. The van der Waals surface area contributed by atoms with Crippen LogP contribution in [0.2, 0.25) is 0 Å². The van der Waals surface area contributed by atoms with Gasteiger partial charge in [-0.1, -0.05) is 32.5 Å². The molecule has 2 heterocycles. The Bertz CT molecular complexity index is 370. The van der Waals surface area contributed by atoms with Crippen molar-refractivity contribution in [3.05, 3.63) is 0 Å². The highest BCUT2D eigenvalue weighted by molar-refractivity contribution is 8.01. The van der Waals surface area contributed by atoms with Gasteiger partial charge in [0, 0.05) is 10.7 Å². The Morgan fingerprint density at radius 3 is 2.71 bits per heavy atom. The highest BCUT2D eigenvalue weighted by Gasteiger charge is 2.62. The number of carboxylic acid groups (broad SMARTS) is 1. The van der Waals surface area contributed by atoms with Crippen molar-refractivity contribution in [2.75, 3.05) is 0 Å². The van der Waals surface area contributed by atoms with E-state index in [9.17, 15) is 9.90 Å². The van der Waals surface area contributed by atoms with Crippen molar-refractivity contribution in [2.45, 2.75) is 50.3 Å². The lowest BCUT2D eigenvalue weighted by Gasteiger charge is -2.49. The third-order valence-corrected chi connectivity index (χ3v) is 6.05. The molecule has 1 unspecified atom stereocenters. The normalized spacial score (nSPS) is 36.4. The lowest BCUT2D eigenvalue weighted by atomic mass is 9.83. The predicted octanol–water partition coefficient (Wildman–Crippen LogP) is 2.60. The molecule has 0 amide bonds. The largest absolute Gasteiger partial charge is 0.480 e. The minimum absolute atomic E-state index is 0.261. The van der Waals surface area contributed by atoms with Gasteiger partial charge in [-0.05, 0) is 19.8 Å². The van der Waals surface area contributed by atoms with Crippen molar-refractivity contribution in [1.82, 2.24) is 4.90 Å². The van der Waals surface area contributed by atoms with Crippen molar-refractivity contribution < 1.29 is 9.90 Å². The maximum Gasteiger partial charge on any atom is 0.327 e. The van der Waals surface area contributed by atoms with Gasteiger partial charge in [-0.2, -0.15) is 0 Å². The quantitative estimate of drug-likeness (QED) is 0.800. The van der Waals surface area contributed by atoms with E-state index in [4.69, 9.17) is 12.2 Å². The summed E-state index contributed by atoms with van der Waals surface area (Å²) in [5.74, 6) is 0.165. The Kier molecular flexibility index (Phi) is 3.19. The molecule has 0 aromatic heterocycles. The second-order valence-electron chi connectivity index (χ2n) is 5.51. The molecule has 0 aliphatic carbocycles. The topological polar surface area (TPSA) is 40.5 Å². The smallest absolute Gasteiger partial charge is 0.327 e. The van der Waals surface area contributed by atoms with Crippen LogP contribution in [0.4, 0.5) is 0 Å². The van der Waals surface area contributed by atoms with E-state index in [1.165, 1.54) is 0 Å². The summed E-state index contributed by atoms with van der Waals surface area (Å²) in [6, 6.07) is -0.467. The van der Waals surface area contributed by atoms with Crippen molar-refractivity contribution in [3.63, 3.8) is 0 Å². The number of carbonyl (C=O) groups is 1. The lowest BCUT2D eigenvalue weighted by Crippen LogP contribution is -2.63. The summed E-state index contributed by atoms with van der Waals surface area (Å²) in [4.78, 5) is 14.2. The van der Waals surface area contributed by atoms with E-state index in [0.29, 0.717) is 11.8 Å². The third-order valence-electron chi connectivity index (χ3n) is 3.97. The van der Waals surface area contributed by atoms with Gasteiger partial charge in [0.05, 0.1) is 10.4 Å². The van der Waals surface area contributed by atoms with Crippen LogP contribution in [0.15, 0.2) is 0 Å². The number of hydrogen-bond acceptors (Lipinski definition) is 3. The van der Waals surface area contributed by atoms with Gasteiger partial charge in [-0.3, -0.25) is 0 Å². The minimum atomic E-state index is -0.755. The predicted molar refractivity (Wildman–Crippen MR) is 74.3 cm³/mol. The van der Waals surface area contributed by atoms with E-state index in [-0.39, 0.29) is 10.1 Å². The summed E-state index contributed by atoms with van der Waals surface area (Å²) in [5.41, 5.74) is 0. The Balaban J connectivity index is 2.25. The molecule has 5 heteroatoms. The van der Waals surface area contributed by atoms with Crippen LogP contribution in [0.5, 0.6) is 0 Å². The second kappa shape index (κ2) is 4.12. The number of aliphatic carboxylic acids is 1. The molecule has 4 atom stereocenters. The number of thiocarbonyl (C=S) groups is 1. The fourth-order valence-electron chi connectivity index (χ4n) is 2.82. The molecular formula is C12H19NO2S2. The summed E-state index contributed by atoms with van der Waals surface area (Å²) in [6.45, 7) is 8.38. The summed E-state index contributed by atoms with van der Waals surface area (Å²) in [6.07, 6.45) is 1.09. The van der Waals surface area contributed by atoms with Crippen molar-refractivity contribution in [3.8, 4) is 0 Å². The molecule has 96 valence electrons. The van der Waals surface area contributed by atoms with E-state index in [2.05, 4.69) is 13.8 Å². The molecule has 3 nitrogen and oxygen atoms in total. The summed E-state index contributed by atoms with van der Waals surface area (Å²) in [7, 11) is 0. The molecular weight excluding hydrogens is 254 g/mol. The highest BCUT2D eigenvalue weighted by Crippen LogP contribution is 2.55. The number of nitrogens with zero attached hydrogens (tertiary/aromatic N) is 1. The minimum Gasteiger partial charge on any atom is -0.480 e. The summed E-state index contributed by atoms with van der Waals surface area (Å²) in [5, 5.41) is 9.63. The molecule has 2 saturated heterocycles. The van der Waals surface area contributed by atoms with E-state index in [1.807, 2.05) is 18.7 Å². The van der Waals surface area contributed by atoms with Crippen LogP contribution < -0.4 is 0 Å². The fraction of sp³-hybridized carbons (Fsp3) is 0.833. The standard InChI is InChI=1S/C12H19NO2S2/c1-5-6(2)7-9(16)13-8(11(14)15)12(3,4)17-10(7)13/h6-8,10H,5H2,1-4H3,(H,14,15)/t6?,7-,8+,10-/m1/s1. The first kappa shape index (κ1) is 13.1. The molecule has 17 heavy (non-hydrogen) atoms. The SMILES string of the molecule is CCC(C)[C@@H]1C(=S)N2[C@@H]1SC(C)(C)[C@@H]2C(=O)O. The summed E-state index contributed by atoms with van der Waals surface area (Å²) < 4.78 is -0.261. The van der Waals surface area contributed by atoms with Crippen LogP contribution in [-0.2, 0) is 4.79 Å². The first-order valence-electron chi connectivity index (χ1n) is 6.04. The van der Waals surface area contributed by atoms with Gasteiger partial charge >= 0.3 is 5.97 Å². The molecule has 2 rings (SSSR count). The fourth-order valence-corrected chi connectivity index (χ4v) is 5.41. The molecule has 2 fully saturated rings. The van der Waals surface area contributed by atoms with Crippen LogP contribution in [0, 0.1) is 11.8 Å². The molecule has 0 bridgehead atoms. The number of fused-ring (bicyclic) bond motifs is 1. The zero-order valence-corrected chi connectivity index (χ0v) is 12.3. The molecule has 2 aliphatic heterocycles. The molecule has 0 radical (unpaired) electrons. The molecule has 0 spiro atoms. The summed E-state index contributed by atoms with van der Waals surface area (Å²) >= 11 is 7.20. The van der Waals surface area contributed by atoms with Crippen molar-refractivity contribution in [1.29, 1.82) is 0 Å². The van der Waals surface area contributed by atoms with Crippen LogP contribution in [-0.4, -0.2) is 37.1 Å². The van der Waals surface area contributed by atoms with Crippen LogP contribution >= 0.6 is 24.0 Å². The second-order valence-corrected chi connectivity index (χ2v) is 7.70. The van der Waals surface area contributed by atoms with Crippen LogP contribution in [0.25, 0.3) is 0 Å². The highest BCUT2D eigenvalue weighted by atomic mass is 32.2. The number of thioether (sulfide) groups is 1. The van der Waals surface area contributed by atoms with Crippen LogP contribution in [0.1, 0.15) is 34.1 Å². The molecule has 0 aromatic rings. The zero-order chi connectivity index (χ0) is 13.0. The van der Waals surface area contributed by atoms with Gasteiger partial charge in [-0.15, -0.1) is 11.8 Å². The van der Waals surface area contributed by atoms with Crippen molar-refractivity contribution in [2.24, 2.45) is 11.8 Å². The van der Waals surface area contributed by atoms with E-state index < -0.39 is 12.0 Å². The Labute approximate surface area is 112 Å².